The van der Waals surface area contributed by atoms with Crippen molar-refractivity contribution in [1.82, 2.24) is 21.7 Å². The van der Waals surface area contributed by atoms with E-state index in [9.17, 15) is 29.8 Å². The van der Waals surface area contributed by atoms with Crippen LogP contribution in [0.3, 0.4) is 0 Å². The summed E-state index contributed by atoms with van der Waals surface area (Å²) in [4.78, 5) is 55.8. The lowest BCUT2D eigenvalue weighted by Gasteiger charge is -2.28. The second-order valence-electron chi connectivity index (χ2n) is 26.6. The van der Waals surface area contributed by atoms with Crippen LogP contribution in [0.4, 0.5) is 22.7 Å². The molecule has 1 aliphatic rings. The zero-order valence-electron chi connectivity index (χ0n) is 55.3. The molecule has 0 aromatic heterocycles. The van der Waals surface area contributed by atoms with Crippen LogP contribution in [-0.4, -0.2) is 45.1 Å². The molecule has 2 amide bonds. The van der Waals surface area contributed by atoms with Crippen molar-refractivity contribution in [3.63, 3.8) is 0 Å². The number of nitro benzene ring substituents is 2. The zero-order valence-corrected chi connectivity index (χ0v) is 60.2. The number of hydrogen-bond donors (Lipinski definition) is 6. The fourth-order valence-corrected chi connectivity index (χ4v) is 14.5. The molecule has 0 fully saturated rings. The predicted molar refractivity (Wildman–Crippen MR) is 391 cm³/mol. The van der Waals surface area contributed by atoms with Crippen LogP contribution in [0, 0.1) is 20.2 Å². The minimum atomic E-state index is -0.555. The third-order valence-corrected chi connectivity index (χ3v) is 19.5. The van der Waals surface area contributed by atoms with Crippen LogP contribution >= 0.6 is 71.5 Å². The molecule has 8 aromatic rings. The number of non-ortho nitro benzene ring substituents is 2. The first-order valence-corrected chi connectivity index (χ1v) is 34.7. The smallest absolute Gasteiger partial charge is 0.276 e. The van der Waals surface area contributed by atoms with E-state index in [1.54, 1.807) is 0 Å². The number of anilines is 2. The molecule has 8 bridgehead atoms. The molecule has 6 N–H and O–H groups in total. The number of thiocarbonyl (C=S) groups is 2. The molecule has 0 atom stereocenters. The first-order valence-electron chi connectivity index (χ1n) is 30.6. The molecule has 9 rings (SSSR count). The third-order valence-electron chi connectivity index (χ3n) is 14.9. The molecule has 96 heavy (non-hydrogen) atoms. The average Bonchev–Trinajstić information content (AvgIpc) is 0.783. The number of fused-ring (bicyclic) bond motifs is 8. The topological polar surface area (TPSA) is 230 Å². The average molecular weight is 1410 g/mol. The standard InChI is InChI=1S/C72H76N8O10S6/c1-69(2,3)45-31-53-63(87-39-43-19-15-13-16-20-43)54(32-45)94-58-36-48(72(10,11)12)38-60(66(58)90-42-62(82)76-78-68(92)74-50-25-29-52(30-26-50)80(85)86)96-56-34-46(70(4,5)6)33-55(64(56)88-40-44-21-17-14-18-22-44)95-59-37-47(71(7,8)9)35-57(93-53)65(59)89-41-61(81)75-77-67(91)73-49-23-27-51(28-24-49)79(83)84/h13-38H,39-42H2,1-12H3,(H,75,81)(H,76,82)(H2,73,77,91)(H2,74,78,92). The van der Waals surface area contributed by atoms with Crippen molar-refractivity contribution in [2.24, 2.45) is 0 Å². The summed E-state index contributed by atoms with van der Waals surface area (Å²) in [7, 11) is 0. The molecule has 8 aromatic carbocycles. The van der Waals surface area contributed by atoms with Gasteiger partial charge >= 0.3 is 0 Å². The van der Waals surface area contributed by atoms with Gasteiger partial charge < -0.3 is 29.6 Å². The number of ether oxygens (including phenoxy) is 4. The number of nitrogens with one attached hydrogen (secondary N) is 6. The molecular formula is C72H76N8O10S6. The molecule has 1 aliphatic heterocycles. The molecule has 0 saturated heterocycles. The van der Waals surface area contributed by atoms with Gasteiger partial charge in [-0.1, -0.05) is 191 Å². The lowest BCUT2D eigenvalue weighted by atomic mass is 9.87. The van der Waals surface area contributed by atoms with Crippen LogP contribution in [0.1, 0.15) is 116 Å². The van der Waals surface area contributed by atoms with E-state index in [2.05, 4.69) is 164 Å². The van der Waals surface area contributed by atoms with E-state index in [-0.39, 0.29) is 34.8 Å². The van der Waals surface area contributed by atoms with E-state index >= 15 is 0 Å². The maximum Gasteiger partial charge on any atom is 0.276 e. The van der Waals surface area contributed by atoms with Crippen LogP contribution in [0.15, 0.2) is 197 Å². The van der Waals surface area contributed by atoms with Gasteiger partial charge in [0.25, 0.3) is 23.2 Å². The Kier molecular flexibility index (Phi) is 22.9. The summed E-state index contributed by atoms with van der Waals surface area (Å²) >= 11 is 16.9. The van der Waals surface area contributed by atoms with Crippen LogP contribution in [0.2, 0.25) is 0 Å². The van der Waals surface area contributed by atoms with Gasteiger partial charge in [0.05, 0.1) is 49.0 Å². The van der Waals surface area contributed by atoms with Crippen LogP contribution in [0.25, 0.3) is 0 Å². The van der Waals surface area contributed by atoms with Crippen molar-refractivity contribution in [1.29, 1.82) is 0 Å². The van der Waals surface area contributed by atoms with Crippen molar-refractivity contribution in [3.8, 4) is 23.0 Å². The highest BCUT2D eigenvalue weighted by Gasteiger charge is 2.32. The maximum atomic E-state index is 14.2. The zero-order chi connectivity index (χ0) is 69.3. The highest BCUT2D eigenvalue weighted by molar-refractivity contribution is 8.01. The second-order valence-corrected chi connectivity index (χ2v) is 31.8. The number of hydrazine groups is 2. The van der Waals surface area contributed by atoms with Gasteiger partial charge in [-0.2, -0.15) is 0 Å². The van der Waals surface area contributed by atoms with Gasteiger partial charge in [-0.25, -0.2) is 0 Å². The van der Waals surface area contributed by atoms with E-state index in [1.807, 2.05) is 60.7 Å². The predicted octanol–water partition coefficient (Wildman–Crippen LogP) is 17.6. The number of benzene rings is 8. The molecule has 0 radical (unpaired) electrons. The second kappa shape index (κ2) is 30.7. The molecular weight excluding hydrogens is 1330 g/mol. The first-order chi connectivity index (χ1) is 45.3. The van der Waals surface area contributed by atoms with Crippen LogP contribution in [-0.2, 0) is 44.5 Å². The monoisotopic (exact) mass is 1400 g/mol. The summed E-state index contributed by atoms with van der Waals surface area (Å²) in [5, 5.41) is 28.6. The molecule has 0 spiro atoms. The summed E-state index contributed by atoms with van der Waals surface area (Å²) in [6, 6.07) is 48.4. The molecule has 0 aliphatic carbocycles. The van der Waals surface area contributed by atoms with Crippen LogP contribution < -0.4 is 51.3 Å². The summed E-state index contributed by atoms with van der Waals surface area (Å²) in [5.41, 5.74) is 15.8. The van der Waals surface area contributed by atoms with E-state index in [4.69, 9.17) is 43.4 Å². The number of hydrogen-bond acceptors (Lipinski definition) is 16. The first kappa shape index (κ1) is 71.8. The summed E-state index contributed by atoms with van der Waals surface area (Å²) < 4.78 is 28.2. The van der Waals surface area contributed by atoms with Crippen molar-refractivity contribution in [2.75, 3.05) is 23.8 Å². The maximum absolute atomic E-state index is 14.2. The fourth-order valence-electron chi connectivity index (χ4n) is 9.41. The quantitative estimate of drug-likeness (QED) is 0.0300. The minimum absolute atomic E-state index is 0.0360. The number of nitro groups is 2. The molecule has 500 valence electrons. The van der Waals surface area contributed by atoms with E-state index < -0.39 is 56.5 Å². The van der Waals surface area contributed by atoms with Crippen molar-refractivity contribution in [3.05, 3.63) is 211 Å². The van der Waals surface area contributed by atoms with E-state index in [1.165, 1.54) is 95.6 Å². The Bertz CT molecular complexity index is 3850. The Hall–Kier alpha value is -8.52. The van der Waals surface area contributed by atoms with Gasteiger partial charge in [-0.05, 0) is 152 Å². The van der Waals surface area contributed by atoms with E-state index in [0.717, 1.165) is 53.0 Å². The largest absolute Gasteiger partial charge is 0.487 e. The van der Waals surface area contributed by atoms with Crippen molar-refractivity contribution >= 4 is 116 Å². The van der Waals surface area contributed by atoms with Gasteiger partial charge in [0.15, 0.2) is 23.4 Å². The van der Waals surface area contributed by atoms with Gasteiger partial charge in [0.2, 0.25) is 0 Å². The van der Waals surface area contributed by atoms with E-state index in [0.29, 0.717) is 54.0 Å². The van der Waals surface area contributed by atoms with Crippen molar-refractivity contribution < 1.29 is 38.4 Å². The number of amides is 2. The van der Waals surface area contributed by atoms with Gasteiger partial charge in [-0.15, -0.1) is 0 Å². The lowest BCUT2D eigenvalue weighted by molar-refractivity contribution is -0.385. The molecule has 24 heteroatoms. The highest BCUT2D eigenvalue weighted by atomic mass is 32.2. The Morgan fingerprint density at radius 1 is 0.385 bits per heavy atom. The van der Waals surface area contributed by atoms with Gasteiger partial charge in [0, 0.05) is 35.6 Å². The Morgan fingerprint density at radius 3 is 0.875 bits per heavy atom. The summed E-state index contributed by atoms with van der Waals surface area (Å²) in [6.45, 7) is 25.4. The SMILES string of the molecule is CC(C)(C)c1cc2c(OCC(=O)NNC(=S)Nc3ccc([N+](=O)[O-])cc3)c(c1)Sc1cc(C(C)(C)C)cc(c1OCc1ccccc1)Sc1cc(C(C)(C)C)cc(c1OCC(=O)NNC(=S)Nc1ccc([N+](=O)[O-])cc1)Sc1cc(C(C)(C)C)cc(c1OCc1ccccc1)S2. The normalized spacial score (nSPS) is 12.3. The summed E-state index contributed by atoms with van der Waals surface area (Å²) in [5.74, 6) is 0.874. The molecule has 18 nitrogen and oxygen atoms in total. The van der Waals surface area contributed by atoms with Crippen LogP contribution in [0.5, 0.6) is 23.0 Å². The van der Waals surface area contributed by atoms with Gasteiger partial charge in [-0.3, -0.25) is 51.5 Å². The Balaban J connectivity index is 1.24. The molecule has 0 saturated carbocycles. The highest BCUT2D eigenvalue weighted by Crippen LogP contribution is 2.57. The Morgan fingerprint density at radius 2 is 0.635 bits per heavy atom. The molecule has 0 unspecified atom stereocenters. The lowest BCUT2D eigenvalue weighted by Crippen LogP contribution is -2.45. The summed E-state index contributed by atoms with van der Waals surface area (Å²) in [6.07, 6.45) is 0. The molecule has 1 heterocycles. The number of nitrogens with zero attached hydrogens (tertiary/aromatic N) is 2. The number of carbonyl (C=O) groups is 2. The number of carbonyl (C=O) groups excluding carboxylic acids is 2. The fraction of sp³-hybridized carbons (Fsp3) is 0.278. The van der Waals surface area contributed by atoms with Gasteiger partial charge in [0.1, 0.15) is 36.2 Å². The minimum Gasteiger partial charge on any atom is -0.487 e. The number of rotatable bonds is 16. The third kappa shape index (κ3) is 19.4. The Labute approximate surface area is 587 Å². The van der Waals surface area contributed by atoms with Crippen molar-refractivity contribution in [2.45, 2.75) is 157 Å².